The van der Waals surface area contributed by atoms with Crippen molar-refractivity contribution < 1.29 is 19.4 Å². The van der Waals surface area contributed by atoms with E-state index in [9.17, 15) is 4.79 Å². The van der Waals surface area contributed by atoms with Gasteiger partial charge < -0.3 is 14.6 Å². The number of carboxylic acid groups (broad SMARTS) is 1. The summed E-state index contributed by atoms with van der Waals surface area (Å²) in [4.78, 5) is 13.2. The Morgan fingerprint density at radius 1 is 1.45 bits per heavy atom. The van der Waals surface area contributed by atoms with Crippen LogP contribution < -0.4 is 4.74 Å². The molecule has 2 aliphatic heterocycles. The Bertz CT molecular complexity index is 570. The third-order valence-electron chi connectivity index (χ3n) is 4.27. The summed E-state index contributed by atoms with van der Waals surface area (Å²) >= 11 is 0. The number of ether oxygens (including phenoxy) is 2. The molecule has 0 radical (unpaired) electrons. The number of nitrogens with zero attached hydrogens (tertiary/aromatic N) is 1. The molecule has 1 saturated heterocycles. The first kappa shape index (κ1) is 15.3. The van der Waals surface area contributed by atoms with Crippen molar-refractivity contribution in [2.24, 2.45) is 0 Å². The van der Waals surface area contributed by atoms with Crippen molar-refractivity contribution in [3.05, 3.63) is 29.3 Å². The Morgan fingerprint density at radius 3 is 3.05 bits per heavy atom. The van der Waals surface area contributed by atoms with Crippen LogP contribution in [0.5, 0.6) is 5.75 Å². The number of rotatable bonds is 4. The summed E-state index contributed by atoms with van der Waals surface area (Å²) in [6.45, 7) is 6.88. The van der Waals surface area contributed by atoms with Gasteiger partial charge in [-0.3, -0.25) is 9.69 Å². The summed E-state index contributed by atoms with van der Waals surface area (Å²) in [5.74, 6) is 0.197. The molecule has 2 aliphatic rings. The molecule has 1 N–H and O–H groups in total. The van der Waals surface area contributed by atoms with Gasteiger partial charge in [0.2, 0.25) is 0 Å². The highest BCUT2D eigenvalue weighted by Gasteiger charge is 2.30. The Morgan fingerprint density at radius 2 is 2.27 bits per heavy atom. The van der Waals surface area contributed by atoms with Crippen molar-refractivity contribution in [2.45, 2.75) is 44.9 Å². The van der Waals surface area contributed by atoms with Gasteiger partial charge in [-0.05, 0) is 31.0 Å². The fourth-order valence-corrected chi connectivity index (χ4v) is 3.28. The molecule has 0 amide bonds. The number of morpholine rings is 1. The lowest BCUT2D eigenvalue weighted by atomic mass is 10.00. The van der Waals surface area contributed by atoms with E-state index in [4.69, 9.17) is 14.6 Å². The van der Waals surface area contributed by atoms with Gasteiger partial charge in [-0.25, -0.2) is 0 Å². The number of benzene rings is 1. The second-order valence-electron chi connectivity index (χ2n) is 6.78. The maximum absolute atomic E-state index is 11.0. The smallest absolute Gasteiger partial charge is 0.305 e. The van der Waals surface area contributed by atoms with Crippen LogP contribution in [-0.4, -0.2) is 47.4 Å². The van der Waals surface area contributed by atoms with Crippen LogP contribution in [0.25, 0.3) is 0 Å². The van der Waals surface area contributed by atoms with Gasteiger partial charge in [0, 0.05) is 25.6 Å². The molecule has 1 atom stereocenters. The van der Waals surface area contributed by atoms with Crippen molar-refractivity contribution in [1.29, 1.82) is 0 Å². The van der Waals surface area contributed by atoms with Gasteiger partial charge in [-0.15, -0.1) is 0 Å². The van der Waals surface area contributed by atoms with Gasteiger partial charge in [0.15, 0.2) is 0 Å². The van der Waals surface area contributed by atoms with E-state index in [1.807, 2.05) is 6.07 Å². The summed E-state index contributed by atoms with van der Waals surface area (Å²) in [5.41, 5.74) is 2.31. The van der Waals surface area contributed by atoms with E-state index in [0.29, 0.717) is 13.2 Å². The molecule has 22 heavy (non-hydrogen) atoms. The van der Waals surface area contributed by atoms with Crippen molar-refractivity contribution in [2.75, 3.05) is 19.8 Å². The summed E-state index contributed by atoms with van der Waals surface area (Å²) in [5, 5.41) is 9.04. The first-order valence-electron chi connectivity index (χ1n) is 7.77. The first-order valence-corrected chi connectivity index (χ1v) is 7.77. The topological polar surface area (TPSA) is 59.0 Å². The van der Waals surface area contributed by atoms with Crippen LogP contribution in [0.15, 0.2) is 18.2 Å². The molecule has 1 aromatic rings. The second kappa shape index (κ2) is 5.89. The number of carbonyl (C=O) groups is 1. The zero-order chi connectivity index (χ0) is 15.7. The van der Waals surface area contributed by atoms with Crippen molar-refractivity contribution in [3.8, 4) is 5.75 Å². The zero-order valence-electron chi connectivity index (χ0n) is 13.2. The lowest BCUT2D eigenvalue weighted by Gasteiger charge is -2.34. The van der Waals surface area contributed by atoms with E-state index in [2.05, 4.69) is 30.9 Å². The number of hydrogen-bond acceptors (Lipinski definition) is 4. The van der Waals surface area contributed by atoms with E-state index < -0.39 is 5.97 Å². The molecule has 0 saturated carbocycles. The molecule has 3 rings (SSSR count). The highest BCUT2D eigenvalue weighted by molar-refractivity contribution is 5.67. The van der Waals surface area contributed by atoms with E-state index >= 15 is 0 Å². The molecular formula is C17H23NO4. The SMILES string of the molecule is CC1(C)Cc2cc(CN3CCOCC3CC(=O)O)ccc2O1. The van der Waals surface area contributed by atoms with E-state index in [1.165, 1.54) is 11.1 Å². The van der Waals surface area contributed by atoms with Crippen LogP contribution in [0.2, 0.25) is 0 Å². The molecule has 1 aromatic carbocycles. The Hall–Kier alpha value is -1.59. The number of fused-ring (bicyclic) bond motifs is 1. The molecule has 0 aromatic heterocycles. The van der Waals surface area contributed by atoms with E-state index in [1.54, 1.807) is 0 Å². The van der Waals surface area contributed by atoms with Crippen LogP contribution in [-0.2, 0) is 22.5 Å². The fraction of sp³-hybridized carbons (Fsp3) is 0.588. The molecule has 120 valence electrons. The molecule has 1 fully saturated rings. The maximum Gasteiger partial charge on any atom is 0.305 e. The zero-order valence-corrected chi connectivity index (χ0v) is 13.2. The minimum atomic E-state index is -0.774. The highest BCUT2D eigenvalue weighted by atomic mass is 16.5. The molecule has 5 heteroatoms. The lowest BCUT2D eigenvalue weighted by Crippen LogP contribution is -2.45. The quantitative estimate of drug-likeness (QED) is 0.923. The second-order valence-corrected chi connectivity index (χ2v) is 6.78. The number of carboxylic acids is 1. The minimum absolute atomic E-state index is 0.0489. The first-order chi connectivity index (χ1) is 10.4. The summed E-state index contributed by atoms with van der Waals surface area (Å²) in [6, 6.07) is 6.25. The molecular weight excluding hydrogens is 282 g/mol. The third-order valence-corrected chi connectivity index (χ3v) is 4.27. The van der Waals surface area contributed by atoms with Gasteiger partial charge in [-0.1, -0.05) is 12.1 Å². The summed E-state index contributed by atoms with van der Waals surface area (Å²) < 4.78 is 11.3. The van der Waals surface area contributed by atoms with Crippen LogP contribution in [0.4, 0.5) is 0 Å². The van der Waals surface area contributed by atoms with Crippen molar-refractivity contribution in [3.63, 3.8) is 0 Å². The van der Waals surface area contributed by atoms with Crippen molar-refractivity contribution >= 4 is 5.97 Å². The molecule has 5 nitrogen and oxygen atoms in total. The van der Waals surface area contributed by atoms with Crippen molar-refractivity contribution in [1.82, 2.24) is 4.90 Å². The van der Waals surface area contributed by atoms with Gasteiger partial charge in [-0.2, -0.15) is 0 Å². The van der Waals surface area contributed by atoms with Gasteiger partial charge in [0.05, 0.1) is 19.6 Å². The van der Waals surface area contributed by atoms with E-state index in [0.717, 1.165) is 25.3 Å². The largest absolute Gasteiger partial charge is 0.487 e. The predicted octanol–water partition coefficient (Wildman–Crippen LogP) is 2.08. The summed E-state index contributed by atoms with van der Waals surface area (Å²) in [6.07, 6.45) is 1.04. The fourth-order valence-electron chi connectivity index (χ4n) is 3.28. The van der Waals surface area contributed by atoms with Crippen LogP contribution in [0, 0.1) is 0 Å². The summed E-state index contributed by atoms with van der Waals surface area (Å²) in [7, 11) is 0. The molecule has 2 heterocycles. The Balaban J connectivity index is 1.71. The van der Waals surface area contributed by atoms with Gasteiger partial charge in [0.1, 0.15) is 11.4 Å². The standard InChI is InChI=1S/C17H23NO4/c1-17(2)9-13-7-12(3-4-15(13)22-17)10-18-5-6-21-11-14(18)8-16(19)20/h3-4,7,14H,5-6,8-11H2,1-2H3,(H,19,20). The maximum atomic E-state index is 11.0. The highest BCUT2D eigenvalue weighted by Crippen LogP contribution is 2.35. The molecule has 0 spiro atoms. The number of aliphatic carboxylic acids is 1. The molecule has 0 aliphatic carbocycles. The van der Waals surface area contributed by atoms with Gasteiger partial charge in [0.25, 0.3) is 0 Å². The number of hydrogen-bond donors (Lipinski definition) is 1. The lowest BCUT2D eigenvalue weighted by molar-refractivity contribution is -0.140. The van der Waals surface area contributed by atoms with Crippen LogP contribution >= 0.6 is 0 Å². The van der Waals surface area contributed by atoms with Gasteiger partial charge >= 0.3 is 5.97 Å². The Labute approximate surface area is 130 Å². The average Bonchev–Trinajstić information content (AvgIpc) is 2.73. The van der Waals surface area contributed by atoms with E-state index in [-0.39, 0.29) is 18.1 Å². The monoisotopic (exact) mass is 305 g/mol. The van der Waals surface area contributed by atoms with Crippen LogP contribution in [0.1, 0.15) is 31.4 Å². The van der Waals surface area contributed by atoms with Crippen LogP contribution in [0.3, 0.4) is 0 Å². The normalized spacial score (nSPS) is 23.8. The Kier molecular flexibility index (Phi) is 4.10. The predicted molar refractivity (Wildman–Crippen MR) is 82.1 cm³/mol. The molecule has 0 bridgehead atoms. The minimum Gasteiger partial charge on any atom is -0.487 e. The average molecular weight is 305 g/mol. The molecule has 1 unspecified atom stereocenters. The third kappa shape index (κ3) is 3.42.